The van der Waals surface area contributed by atoms with E-state index in [4.69, 9.17) is 9.72 Å². The maximum absolute atomic E-state index is 5.78. The van der Waals surface area contributed by atoms with Gasteiger partial charge in [-0.25, -0.2) is 4.98 Å². The number of aryl methyl sites for hydroxylation is 1. The van der Waals surface area contributed by atoms with E-state index in [1.807, 2.05) is 7.05 Å². The van der Waals surface area contributed by atoms with E-state index in [1.54, 1.807) is 11.3 Å². The Kier molecular flexibility index (Phi) is 4.26. The lowest BCUT2D eigenvalue weighted by atomic mass is 10.2. The molecule has 0 radical (unpaired) electrons. The molecule has 1 atom stereocenters. The third-order valence-electron chi connectivity index (χ3n) is 3.85. The predicted octanol–water partition coefficient (Wildman–Crippen LogP) is 3.05. The van der Waals surface area contributed by atoms with Crippen LogP contribution in [0.3, 0.4) is 0 Å². The molecule has 6 heteroatoms. The van der Waals surface area contributed by atoms with Crippen molar-refractivity contribution in [2.45, 2.75) is 32.8 Å². The first-order valence-corrected chi connectivity index (χ1v) is 8.35. The molecule has 114 valence electrons. The summed E-state index contributed by atoms with van der Waals surface area (Å²) in [6.45, 7) is 7.00. The van der Waals surface area contributed by atoms with Crippen LogP contribution in [0.1, 0.15) is 24.6 Å². The summed E-state index contributed by atoms with van der Waals surface area (Å²) in [6, 6.07) is 2.19. The molecule has 2 aromatic heterocycles. The molecule has 0 spiro atoms. The molecule has 1 unspecified atom stereocenters. The van der Waals surface area contributed by atoms with Gasteiger partial charge in [0.2, 0.25) is 5.95 Å². The Balaban J connectivity index is 1.98. The van der Waals surface area contributed by atoms with E-state index in [-0.39, 0.29) is 0 Å². The Bertz CT molecular complexity index is 621. The molecule has 3 rings (SSSR count). The summed E-state index contributed by atoms with van der Waals surface area (Å²) in [4.78, 5) is 13.9. The molecule has 1 aliphatic heterocycles. The Morgan fingerprint density at radius 1 is 1.48 bits per heavy atom. The van der Waals surface area contributed by atoms with Gasteiger partial charge in [0.1, 0.15) is 10.6 Å². The summed E-state index contributed by atoms with van der Waals surface area (Å²) >= 11 is 1.72. The van der Waals surface area contributed by atoms with Gasteiger partial charge in [-0.3, -0.25) is 0 Å². The number of aromatic nitrogens is 2. The molecular weight excluding hydrogens is 284 g/mol. The van der Waals surface area contributed by atoms with Gasteiger partial charge >= 0.3 is 0 Å². The van der Waals surface area contributed by atoms with E-state index in [0.717, 1.165) is 42.2 Å². The molecule has 1 saturated heterocycles. The lowest BCUT2D eigenvalue weighted by molar-refractivity contribution is 0.115. The van der Waals surface area contributed by atoms with Crippen LogP contribution in [0.2, 0.25) is 0 Å². The molecule has 0 aromatic carbocycles. The van der Waals surface area contributed by atoms with Crippen LogP contribution in [-0.4, -0.2) is 42.8 Å². The normalized spacial score (nSPS) is 18.3. The lowest BCUT2D eigenvalue weighted by Gasteiger charge is -2.25. The summed E-state index contributed by atoms with van der Waals surface area (Å²) in [6.07, 6.45) is 2.64. The van der Waals surface area contributed by atoms with Crippen molar-refractivity contribution in [2.75, 3.05) is 37.0 Å². The number of likely N-dealkylation sites (N-methyl/N-ethyl adjacent to an activating group) is 1. The molecular formula is C15H22N4OS. The lowest BCUT2D eigenvalue weighted by Crippen LogP contribution is -2.33. The number of ether oxygens (including phenoxy) is 1. The minimum absolute atomic E-state index is 0.327. The molecule has 5 nitrogen and oxygen atoms in total. The third kappa shape index (κ3) is 2.96. The van der Waals surface area contributed by atoms with E-state index >= 15 is 0 Å². The third-order valence-corrected chi connectivity index (χ3v) is 4.79. The van der Waals surface area contributed by atoms with Crippen molar-refractivity contribution in [3.63, 3.8) is 0 Å². The van der Waals surface area contributed by atoms with Gasteiger partial charge in [-0.2, -0.15) is 4.98 Å². The Hall–Kier alpha value is -1.40. The highest BCUT2D eigenvalue weighted by Gasteiger charge is 2.22. The van der Waals surface area contributed by atoms with Crippen LogP contribution in [0.15, 0.2) is 6.07 Å². The molecule has 21 heavy (non-hydrogen) atoms. The van der Waals surface area contributed by atoms with Crippen molar-refractivity contribution in [2.24, 2.45) is 0 Å². The first kappa shape index (κ1) is 14.5. The van der Waals surface area contributed by atoms with Crippen LogP contribution in [0.5, 0.6) is 0 Å². The molecule has 0 bridgehead atoms. The predicted molar refractivity (Wildman–Crippen MR) is 88.6 cm³/mol. The summed E-state index contributed by atoms with van der Waals surface area (Å²) < 4.78 is 5.78. The summed E-state index contributed by atoms with van der Waals surface area (Å²) in [7, 11) is 1.86. The van der Waals surface area contributed by atoms with Crippen molar-refractivity contribution in [3.05, 3.63) is 10.9 Å². The second kappa shape index (κ2) is 6.15. The summed E-state index contributed by atoms with van der Waals surface area (Å²) in [5.74, 6) is 1.71. The molecule has 1 N–H and O–H groups in total. The maximum Gasteiger partial charge on any atom is 0.225 e. The maximum atomic E-state index is 5.78. The number of thiophene rings is 1. The molecule has 2 aromatic rings. The summed E-state index contributed by atoms with van der Waals surface area (Å²) in [5.41, 5.74) is 0. The van der Waals surface area contributed by atoms with Gasteiger partial charge in [0, 0.05) is 31.6 Å². The second-order valence-electron chi connectivity index (χ2n) is 5.37. The minimum Gasteiger partial charge on any atom is -0.376 e. The number of nitrogens with one attached hydrogen (secondary N) is 1. The fraction of sp³-hybridized carbons (Fsp3) is 0.600. The largest absolute Gasteiger partial charge is 0.376 e. The first-order valence-electron chi connectivity index (χ1n) is 7.53. The molecule has 0 saturated carbocycles. The second-order valence-corrected chi connectivity index (χ2v) is 6.61. The number of hydrogen-bond donors (Lipinski definition) is 1. The molecule has 0 aliphatic carbocycles. The van der Waals surface area contributed by atoms with Crippen LogP contribution >= 0.6 is 11.3 Å². The number of hydrogen-bond acceptors (Lipinski definition) is 6. The van der Waals surface area contributed by atoms with Crippen LogP contribution in [0, 0.1) is 6.92 Å². The molecule has 1 fully saturated rings. The Morgan fingerprint density at radius 3 is 3.00 bits per heavy atom. The van der Waals surface area contributed by atoms with Gasteiger partial charge in [0.25, 0.3) is 0 Å². The highest BCUT2D eigenvalue weighted by atomic mass is 32.1. The van der Waals surface area contributed by atoms with E-state index < -0.39 is 0 Å². The van der Waals surface area contributed by atoms with E-state index in [9.17, 15) is 0 Å². The zero-order valence-electron chi connectivity index (χ0n) is 12.8. The highest BCUT2D eigenvalue weighted by Crippen LogP contribution is 2.32. The van der Waals surface area contributed by atoms with Crippen LogP contribution in [0.4, 0.5) is 11.8 Å². The molecule has 1 aliphatic rings. The van der Waals surface area contributed by atoms with E-state index in [0.29, 0.717) is 12.1 Å². The molecule has 0 amide bonds. The van der Waals surface area contributed by atoms with Gasteiger partial charge in [-0.1, -0.05) is 0 Å². The minimum atomic E-state index is 0.327. The van der Waals surface area contributed by atoms with Crippen molar-refractivity contribution < 1.29 is 4.74 Å². The average molecular weight is 306 g/mol. The van der Waals surface area contributed by atoms with Crippen molar-refractivity contribution in [1.82, 2.24) is 9.97 Å². The van der Waals surface area contributed by atoms with Crippen LogP contribution < -0.4 is 10.2 Å². The monoisotopic (exact) mass is 306 g/mol. The quantitative estimate of drug-likeness (QED) is 0.920. The zero-order valence-corrected chi connectivity index (χ0v) is 13.7. The number of fused-ring (bicyclic) bond motifs is 1. The SMILES string of the molecule is CCN(CC1CCCO1)c1nc(NC)nc2sc(C)cc12. The standard InChI is InChI=1S/C15H22N4OS/c1-4-19(9-11-6-5-7-20-11)13-12-8-10(2)21-14(12)18-15(16-3)17-13/h8,11H,4-7,9H2,1-3H3,(H,16,17,18). The van der Waals surface area contributed by atoms with Crippen molar-refractivity contribution in [3.8, 4) is 0 Å². The van der Waals surface area contributed by atoms with Gasteiger partial charge in [-0.15, -0.1) is 11.3 Å². The average Bonchev–Trinajstić information content (AvgIpc) is 3.11. The first-order chi connectivity index (χ1) is 10.2. The smallest absolute Gasteiger partial charge is 0.225 e. The van der Waals surface area contributed by atoms with Crippen LogP contribution in [0.25, 0.3) is 10.2 Å². The zero-order chi connectivity index (χ0) is 14.8. The van der Waals surface area contributed by atoms with Gasteiger partial charge < -0.3 is 15.0 Å². The Morgan fingerprint density at radius 2 is 2.33 bits per heavy atom. The topological polar surface area (TPSA) is 50.3 Å². The van der Waals surface area contributed by atoms with Gasteiger partial charge in [-0.05, 0) is 32.8 Å². The number of rotatable bonds is 5. The Labute approximate surface area is 129 Å². The van der Waals surface area contributed by atoms with E-state index in [1.165, 1.54) is 11.3 Å². The fourth-order valence-electron chi connectivity index (χ4n) is 2.78. The van der Waals surface area contributed by atoms with Gasteiger partial charge in [0.05, 0.1) is 11.5 Å². The fourth-order valence-corrected chi connectivity index (χ4v) is 3.65. The van der Waals surface area contributed by atoms with Crippen LogP contribution in [-0.2, 0) is 4.74 Å². The van der Waals surface area contributed by atoms with E-state index in [2.05, 4.69) is 35.1 Å². The number of anilines is 2. The van der Waals surface area contributed by atoms with Gasteiger partial charge in [0.15, 0.2) is 0 Å². The van der Waals surface area contributed by atoms with Crippen molar-refractivity contribution in [1.29, 1.82) is 0 Å². The summed E-state index contributed by atoms with van der Waals surface area (Å²) in [5, 5.41) is 4.22. The highest BCUT2D eigenvalue weighted by molar-refractivity contribution is 7.18. The number of nitrogens with zero attached hydrogens (tertiary/aromatic N) is 3. The van der Waals surface area contributed by atoms with Crippen molar-refractivity contribution >= 4 is 33.3 Å². The molecule has 3 heterocycles.